The van der Waals surface area contributed by atoms with Crippen LogP contribution in [0.2, 0.25) is 0 Å². The Morgan fingerprint density at radius 3 is 2.63 bits per heavy atom. The topological polar surface area (TPSA) is 50.3 Å². The molecule has 0 aliphatic heterocycles. The van der Waals surface area contributed by atoms with Gasteiger partial charge >= 0.3 is 0 Å². The Labute approximate surface area is 123 Å². The quantitative estimate of drug-likeness (QED) is 0.795. The number of rotatable bonds is 6. The van der Waals surface area contributed by atoms with Gasteiger partial charge in [-0.05, 0) is 47.2 Å². The van der Waals surface area contributed by atoms with Crippen LogP contribution in [0.15, 0.2) is 27.8 Å². The molecule has 106 valence electrons. The van der Waals surface area contributed by atoms with Gasteiger partial charge in [-0.15, -0.1) is 0 Å². The van der Waals surface area contributed by atoms with Gasteiger partial charge in [-0.3, -0.25) is 4.98 Å². The molecule has 1 aliphatic carbocycles. The molecule has 6 heteroatoms. The van der Waals surface area contributed by atoms with E-state index in [1.807, 2.05) is 0 Å². The van der Waals surface area contributed by atoms with E-state index in [2.05, 4.69) is 34.8 Å². The molecule has 4 nitrogen and oxygen atoms in total. The monoisotopic (exact) mass is 346 g/mol. The van der Waals surface area contributed by atoms with Gasteiger partial charge in [0.2, 0.25) is 10.0 Å². The number of pyridine rings is 1. The molecular weight excluding hydrogens is 328 g/mol. The van der Waals surface area contributed by atoms with Crippen molar-refractivity contribution in [2.24, 2.45) is 5.92 Å². The Morgan fingerprint density at radius 1 is 1.42 bits per heavy atom. The van der Waals surface area contributed by atoms with Crippen LogP contribution in [0.1, 0.15) is 33.1 Å². The fraction of sp³-hybridized carbons (Fsp3) is 0.615. The van der Waals surface area contributed by atoms with E-state index in [-0.39, 0.29) is 10.9 Å². The van der Waals surface area contributed by atoms with Crippen LogP contribution in [-0.4, -0.2) is 30.3 Å². The van der Waals surface area contributed by atoms with Crippen LogP contribution in [0.3, 0.4) is 0 Å². The van der Waals surface area contributed by atoms with Crippen LogP contribution >= 0.6 is 15.9 Å². The zero-order valence-corrected chi connectivity index (χ0v) is 13.6. The Bertz CT molecular complexity index is 541. The molecule has 0 saturated heterocycles. The van der Waals surface area contributed by atoms with E-state index in [0.717, 1.165) is 19.3 Å². The minimum Gasteiger partial charge on any atom is -0.262 e. The first-order chi connectivity index (χ1) is 8.91. The average Bonchev–Trinajstić information content (AvgIpc) is 3.13. The second-order valence-corrected chi connectivity index (χ2v) is 8.17. The molecule has 0 unspecified atom stereocenters. The highest BCUT2D eigenvalue weighted by atomic mass is 79.9. The lowest BCUT2D eigenvalue weighted by molar-refractivity contribution is 0.373. The third-order valence-corrected chi connectivity index (χ3v) is 5.52. The third kappa shape index (κ3) is 3.77. The van der Waals surface area contributed by atoms with E-state index in [4.69, 9.17) is 0 Å². The van der Waals surface area contributed by atoms with Crippen molar-refractivity contribution in [2.75, 3.05) is 6.54 Å². The van der Waals surface area contributed by atoms with E-state index in [0.29, 0.717) is 16.9 Å². The van der Waals surface area contributed by atoms with Crippen molar-refractivity contribution in [3.05, 3.63) is 22.9 Å². The molecule has 1 aromatic rings. The summed E-state index contributed by atoms with van der Waals surface area (Å²) in [6.07, 6.45) is 5.84. The largest absolute Gasteiger partial charge is 0.262 e. The Morgan fingerprint density at radius 2 is 2.11 bits per heavy atom. The molecule has 0 N–H and O–H groups in total. The summed E-state index contributed by atoms with van der Waals surface area (Å²) in [5.74, 6) is 0.497. The molecule has 0 spiro atoms. The molecule has 19 heavy (non-hydrogen) atoms. The third-order valence-electron chi connectivity index (χ3n) is 3.17. The van der Waals surface area contributed by atoms with Crippen LogP contribution in [-0.2, 0) is 10.0 Å². The lowest BCUT2D eigenvalue weighted by atomic mass is 10.1. The summed E-state index contributed by atoms with van der Waals surface area (Å²) in [4.78, 5) is 4.23. The second kappa shape index (κ2) is 5.89. The number of nitrogens with zero attached hydrogens (tertiary/aromatic N) is 2. The molecule has 1 saturated carbocycles. The van der Waals surface area contributed by atoms with Gasteiger partial charge in [-0.25, -0.2) is 8.42 Å². The van der Waals surface area contributed by atoms with E-state index in [1.54, 1.807) is 16.6 Å². The van der Waals surface area contributed by atoms with Gasteiger partial charge in [0.15, 0.2) is 0 Å². The summed E-state index contributed by atoms with van der Waals surface area (Å²) in [5, 5.41) is 0. The molecule has 1 aromatic heterocycles. The van der Waals surface area contributed by atoms with Gasteiger partial charge in [-0.2, -0.15) is 4.31 Å². The van der Waals surface area contributed by atoms with Crippen molar-refractivity contribution < 1.29 is 8.42 Å². The van der Waals surface area contributed by atoms with Gasteiger partial charge in [-0.1, -0.05) is 13.8 Å². The van der Waals surface area contributed by atoms with E-state index < -0.39 is 10.0 Å². The number of hydrogen-bond donors (Lipinski definition) is 0. The van der Waals surface area contributed by atoms with Crippen molar-refractivity contribution in [3.8, 4) is 0 Å². The van der Waals surface area contributed by atoms with Crippen LogP contribution in [0, 0.1) is 5.92 Å². The predicted octanol–water partition coefficient (Wildman–Crippen LogP) is 3.04. The van der Waals surface area contributed by atoms with Crippen molar-refractivity contribution in [1.29, 1.82) is 0 Å². The molecule has 0 bridgehead atoms. The second-order valence-electron chi connectivity index (χ2n) is 5.37. The summed E-state index contributed by atoms with van der Waals surface area (Å²) in [7, 11) is -3.42. The van der Waals surface area contributed by atoms with Gasteiger partial charge in [0.05, 0.1) is 0 Å². The first kappa shape index (κ1) is 14.9. The molecule has 2 rings (SSSR count). The lowest BCUT2D eigenvalue weighted by Crippen LogP contribution is -2.34. The zero-order chi connectivity index (χ0) is 14.0. The van der Waals surface area contributed by atoms with Crippen molar-refractivity contribution >= 4 is 26.0 Å². The minimum absolute atomic E-state index is 0.183. The maximum atomic E-state index is 12.6. The summed E-state index contributed by atoms with van der Waals surface area (Å²) < 4.78 is 27.6. The molecule has 1 aliphatic rings. The molecule has 0 atom stereocenters. The smallest absolute Gasteiger partial charge is 0.244 e. The Kier molecular flexibility index (Phi) is 4.63. The maximum Gasteiger partial charge on any atom is 0.244 e. The molecule has 0 amide bonds. The SMILES string of the molecule is CC(C)CCN(C1CC1)S(=O)(=O)c1cncc(Br)c1. The Hall–Kier alpha value is -0.460. The lowest BCUT2D eigenvalue weighted by Gasteiger charge is -2.22. The van der Waals surface area contributed by atoms with Crippen LogP contribution in [0.25, 0.3) is 0 Å². The average molecular weight is 347 g/mol. The van der Waals surface area contributed by atoms with Gasteiger partial charge in [0.25, 0.3) is 0 Å². The fourth-order valence-electron chi connectivity index (χ4n) is 1.92. The molecule has 0 radical (unpaired) electrons. The standard InChI is InChI=1S/C13H19BrN2O2S/c1-10(2)5-6-16(12-3-4-12)19(17,18)13-7-11(14)8-15-9-13/h7-10,12H,3-6H2,1-2H3. The summed E-state index contributed by atoms with van der Waals surface area (Å²) >= 11 is 3.27. The highest BCUT2D eigenvalue weighted by molar-refractivity contribution is 9.10. The molecule has 1 heterocycles. The highest BCUT2D eigenvalue weighted by Gasteiger charge is 2.37. The van der Waals surface area contributed by atoms with E-state index >= 15 is 0 Å². The number of aromatic nitrogens is 1. The highest BCUT2D eigenvalue weighted by Crippen LogP contribution is 2.32. The van der Waals surface area contributed by atoms with Gasteiger partial charge in [0, 0.05) is 29.5 Å². The van der Waals surface area contributed by atoms with E-state index in [9.17, 15) is 8.42 Å². The van der Waals surface area contributed by atoms with E-state index in [1.165, 1.54) is 6.20 Å². The van der Waals surface area contributed by atoms with Crippen molar-refractivity contribution in [1.82, 2.24) is 9.29 Å². The first-order valence-corrected chi connectivity index (χ1v) is 8.77. The van der Waals surface area contributed by atoms with Crippen molar-refractivity contribution in [3.63, 3.8) is 0 Å². The van der Waals surface area contributed by atoms with Crippen LogP contribution in [0.4, 0.5) is 0 Å². The molecular formula is C13H19BrN2O2S. The van der Waals surface area contributed by atoms with Gasteiger partial charge < -0.3 is 0 Å². The zero-order valence-electron chi connectivity index (χ0n) is 11.2. The van der Waals surface area contributed by atoms with Crippen molar-refractivity contribution in [2.45, 2.75) is 44.0 Å². The molecule has 0 aromatic carbocycles. The number of sulfonamides is 1. The summed E-state index contributed by atoms with van der Waals surface area (Å²) in [6, 6.07) is 1.80. The number of hydrogen-bond acceptors (Lipinski definition) is 3. The summed E-state index contributed by atoms with van der Waals surface area (Å²) in [6.45, 7) is 4.81. The normalized spacial score (nSPS) is 16.3. The predicted molar refractivity (Wildman–Crippen MR) is 78.3 cm³/mol. The molecule has 1 fully saturated rings. The van der Waals surface area contributed by atoms with Crippen LogP contribution in [0.5, 0.6) is 0 Å². The summed E-state index contributed by atoms with van der Waals surface area (Å²) in [5.41, 5.74) is 0. The van der Waals surface area contributed by atoms with Gasteiger partial charge in [0.1, 0.15) is 4.90 Å². The fourth-order valence-corrected chi connectivity index (χ4v) is 4.12. The first-order valence-electron chi connectivity index (χ1n) is 6.53. The maximum absolute atomic E-state index is 12.6. The number of halogens is 1. The van der Waals surface area contributed by atoms with Crippen LogP contribution < -0.4 is 0 Å². The minimum atomic E-state index is -3.42. The Balaban J connectivity index is 2.24.